The molecule has 1 aromatic rings. The minimum absolute atomic E-state index is 0.173. The normalized spacial score (nSPS) is 23.0. The molecule has 0 spiro atoms. The van der Waals surface area contributed by atoms with Crippen molar-refractivity contribution < 1.29 is 14.7 Å². The molecular formula is C15H21N3O3. The third kappa shape index (κ3) is 3.33. The molecule has 1 fully saturated rings. The number of carbonyl (C=O) groups is 2. The van der Waals surface area contributed by atoms with E-state index < -0.39 is 11.5 Å². The van der Waals surface area contributed by atoms with E-state index in [-0.39, 0.29) is 17.6 Å². The molecule has 1 aromatic carbocycles. The molecule has 1 heterocycles. The highest BCUT2D eigenvalue weighted by Gasteiger charge is 2.41. The van der Waals surface area contributed by atoms with Gasteiger partial charge < -0.3 is 21.5 Å². The number of primary amides is 1. The number of rotatable bonds is 4. The van der Waals surface area contributed by atoms with Crippen LogP contribution in [0.2, 0.25) is 0 Å². The molecule has 6 heteroatoms. The van der Waals surface area contributed by atoms with Crippen LogP contribution in [0.4, 0.5) is 0 Å². The number of amides is 2. The smallest absolute Gasteiger partial charge is 0.239 e. The summed E-state index contributed by atoms with van der Waals surface area (Å²) in [4.78, 5) is 25.3. The van der Waals surface area contributed by atoms with Gasteiger partial charge in [-0.3, -0.25) is 9.59 Å². The van der Waals surface area contributed by atoms with E-state index in [4.69, 9.17) is 11.5 Å². The highest BCUT2D eigenvalue weighted by atomic mass is 16.3. The van der Waals surface area contributed by atoms with Gasteiger partial charge in [-0.05, 0) is 37.5 Å². The van der Waals surface area contributed by atoms with Gasteiger partial charge in [-0.1, -0.05) is 12.1 Å². The molecule has 2 rings (SSSR count). The minimum Gasteiger partial charge on any atom is -0.508 e. The predicted molar refractivity (Wildman–Crippen MR) is 78.3 cm³/mol. The van der Waals surface area contributed by atoms with Crippen molar-refractivity contribution in [3.63, 3.8) is 0 Å². The molecule has 0 bridgehead atoms. The van der Waals surface area contributed by atoms with Crippen LogP contribution in [-0.4, -0.2) is 41.0 Å². The summed E-state index contributed by atoms with van der Waals surface area (Å²) in [6.07, 6.45) is 0.961. The molecular weight excluding hydrogens is 270 g/mol. The lowest BCUT2D eigenvalue weighted by Crippen LogP contribution is -2.46. The van der Waals surface area contributed by atoms with Crippen LogP contribution in [0.25, 0.3) is 0 Å². The first-order valence-electron chi connectivity index (χ1n) is 6.94. The molecule has 0 radical (unpaired) electrons. The van der Waals surface area contributed by atoms with E-state index in [1.54, 1.807) is 36.1 Å². The second-order valence-corrected chi connectivity index (χ2v) is 5.91. The summed E-state index contributed by atoms with van der Waals surface area (Å²) in [5.74, 6) is -0.381. The Balaban J connectivity index is 1.97. The number of hydrogen-bond donors (Lipinski definition) is 3. The Hall–Kier alpha value is -2.08. The topological polar surface area (TPSA) is 110 Å². The maximum atomic E-state index is 12.3. The molecule has 1 aliphatic rings. The Labute approximate surface area is 123 Å². The van der Waals surface area contributed by atoms with Crippen molar-refractivity contribution in [3.05, 3.63) is 29.8 Å². The van der Waals surface area contributed by atoms with Crippen molar-refractivity contribution in [1.82, 2.24) is 4.90 Å². The van der Waals surface area contributed by atoms with Crippen molar-refractivity contribution in [2.45, 2.75) is 25.8 Å². The molecule has 0 saturated carbocycles. The first-order valence-corrected chi connectivity index (χ1v) is 6.94. The summed E-state index contributed by atoms with van der Waals surface area (Å²) in [5.41, 5.74) is 11.6. The zero-order chi connectivity index (χ0) is 15.6. The first-order chi connectivity index (χ1) is 9.82. The molecule has 21 heavy (non-hydrogen) atoms. The molecule has 114 valence electrons. The monoisotopic (exact) mass is 291 g/mol. The maximum Gasteiger partial charge on any atom is 0.239 e. The van der Waals surface area contributed by atoms with E-state index >= 15 is 0 Å². The average Bonchev–Trinajstić information content (AvgIpc) is 2.84. The lowest BCUT2D eigenvalue weighted by atomic mass is 9.89. The van der Waals surface area contributed by atoms with E-state index in [0.29, 0.717) is 25.9 Å². The average molecular weight is 291 g/mol. The van der Waals surface area contributed by atoms with E-state index in [1.165, 1.54) is 0 Å². The number of benzene rings is 1. The van der Waals surface area contributed by atoms with Gasteiger partial charge in [0.15, 0.2) is 0 Å². The molecule has 2 atom stereocenters. The van der Waals surface area contributed by atoms with Crippen molar-refractivity contribution in [3.8, 4) is 5.75 Å². The van der Waals surface area contributed by atoms with Crippen LogP contribution in [0.15, 0.2) is 24.3 Å². The predicted octanol–water partition coefficient (Wildman–Crippen LogP) is -0.0141. The van der Waals surface area contributed by atoms with Gasteiger partial charge in [0.1, 0.15) is 5.75 Å². The lowest BCUT2D eigenvalue weighted by Gasteiger charge is -2.23. The molecule has 0 aromatic heterocycles. The molecule has 2 unspecified atom stereocenters. The highest BCUT2D eigenvalue weighted by molar-refractivity contribution is 5.86. The molecule has 0 aliphatic carbocycles. The molecule has 1 aliphatic heterocycles. The van der Waals surface area contributed by atoms with E-state index in [2.05, 4.69) is 0 Å². The Bertz CT molecular complexity index is 544. The van der Waals surface area contributed by atoms with Crippen LogP contribution >= 0.6 is 0 Å². The second-order valence-electron chi connectivity index (χ2n) is 5.91. The zero-order valence-corrected chi connectivity index (χ0v) is 12.1. The third-order valence-electron chi connectivity index (χ3n) is 4.09. The number of likely N-dealkylation sites (tertiary alicyclic amines) is 1. The number of hydrogen-bond acceptors (Lipinski definition) is 4. The van der Waals surface area contributed by atoms with Crippen LogP contribution in [0.1, 0.15) is 18.9 Å². The number of nitrogens with two attached hydrogens (primary N) is 2. The zero-order valence-electron chi connectivity index (χ0n) is 12.1. The van der Waals surface area contributed by atoms with Gasteiger partial charge >= 0.3 is 0 Å². The van der Waals surface area contributed by atoms with Gasteiger partial charge in [-0.25, -0.2) is 0 Å². The van der Waals surface area contributed by atoms with Gasteiger partial charge in [0.05, 0.1) is 11.5 Å². The standard InChI is InChI=1S/C15H21N3O3/c1-15(14(17)21)6-7-18(9-15)13(20)12(16)8-10-2-4-11(19)5-3-10/h2-5,12,19H,6-9,16H2,1H3,(H2,17,21). The Kier molecular flexibility index (Phi) is 4.18. The summed E-state index contributed by atoms with van der Waals surface area (Å²) in [6, 6.07) is 5.93. The number of nitrogens with zero attached hydrogens (tertiary/aromatic N) is 1. The van der Waals surface area contributed by atoms with E-state index in [9.17, 15) is 14.7 Å². The summed E-state index contributed by atoms with van der Waals surface area (Å²) in [5, 5.41) is 9.23. The fourth-order valence-corrected chi connectivity index (χ4v) is 2.56. The molecule has 2 amide bonds. The highest BCUT2D eigenvalue weighted by Crippen LogP contribution is 2.29. The van der Waals surface area contributed by atoms with Gasteiger partial charge in [-0.2, -0.15) is 0 Å². The Morgan fingerprint density at radius 2 is 2.00 bits per heavy atom. The molecule has 1 saturated heterocycles. The van der Waals surface area contributed by atoms with Crippen LogP contribution in [0.3, 0.4) is 0 Å². The third-order valence-corrected chi connectivity index (χ3v) is 4.09. The summed E-state index contributed by atoms with van der Waals surface area (Å²) in [7, 11) is 0. The fraction of sp³-hybridized carbons (Fsp3) is 0.467. The second kappa shape index (κ2) is 5.73. The number of phenols is 1. The summed E-state index contributed by atoms with van der Waals surface area (Å²) < 4.78 is 0. The quantitative estimate of drug-likeness (QED) is 0.724. The first kappa shape index (κ1) is 15.3. The number of phenolic OH excluding ortho intramolecular Hbond substituents is 1. The van der Waals surface area contributed by atoms with Gasteiger partial charge in [0.2, 0.25) is 11.8 Å². The largest absolute Gasteiger partial charge is 0.508 e. The van der Waals surface area contributed by atoms with Gasteiger partial charge in [0.25, 0.3) is 0 Å². The molecule has 6 nitrogen and oxygen atoms in total. The number of carbonyl (C=O) groups excluding carboxylic acids is 2. The Morgan fingerprint density at radius 3 is 2.52 bits per heavy atom. The van der Waals surface area contributed by atoms with Crippen molar-refractivity contribution in [2.24, 2.45) is 16.9 Å². The Morgan fingerprint density at radius 1 is 1.38 bits per heavy atom. The number of aromatic hydroxyl groups is 1. The van der Waals surface area contributed by atoms with Crippen LogP contribution in [0.5, 0.6) is 5.75 Å². The summed E-state index contributed by atoms with van der Waals surface area (Å²) in [6.45, 7) is 2.60. The van der Waals surface area contributed by atoms with Crippen LogP contribution < -0.4 is 11.5 Å². The van der Waals surface area contributed by atoms with Crippen molar-refractivity contribution in [1.29, 1.82) is 0 Å². The summed E-state index contributed by atoms with van der Waals surface area (Å²) >= 11 is 0. The maximum absolute atomic E-state index is 12.3. The minimum atomic E-state index is -0.662. The van der Waals surface area contributed by atoms with E-state index in [1.807, 2.05) is 0 Å². The van der Waals surface area contributed by atoms with Crippen molar-refractivity contribution in [2.75, 3.05) is 13.1 Å². The lowest BCUT2D eigenvalue weighted by molar-refractivity contribution is -0.132. The molecule has 5 N–H and O–H groups in total. The van der Waals surface area contributed by atoms with Gasteiger partial charge in [0, 0.05) is 13.1 Å². The van der Waals surface area contributed by atoms with Gasteiger partial charge in [-0.15, -0.1) is 0 Å². The SMILES string of the molecule is CC1(C(N)=O)CCN(C(=O)C(N)Cc2ccc(O)cc2)C1. The van der Waals surface area contributed by atoms with Crippen LogP contribution in [-0.2, 0) is 16.0 Å². The van der Waals surface area contributed by atoms with Crippen LogP contribution in [0, 0.1) is 5.41 Å². The van der Waals surface area contributed by atoms with E-state index in [0.717, 1.165) is 5.56 Å². The van der Waals surface area contributed by atoms with Crippen molar-refractivity contribution >= 4 is 11.8 Å². The fourth-order valence-electron chi connectivity index (χ4n) is 2.56.